The molecule has 1 aliphatic carbocycles. The number of alkyl carbamates (subject to hydrolysis) is 1. The van der Waals surface area contributed by atoms with Crippen molar-refractivity contribution in [1.82, 2.24) is 5.32 Å². The van der Waals surface area contributed by atoms with Gasteiger partial charge < -0.3 is 10.1 Å². The Morgan fingerprint density at radius 2 is 1.70 bits per heavy atom. The van der Waals surface area contributed by atoms with Gasteiger partial charge in [0.05, 0.1) is 5.56 Å². The minimum Gasteiger partial charge on any atom is -0.449 e. The third-order valence-electron chi connectivity index (χ3n) is 5.21. The summed E-state index contributed by atoms with van der Waals surface area (Å²) in [4.78, 5) is 12.1. The number of aryl methyl sites for hydroxylation is 1. The Bertz CT molecular complexity index is 1100. The number of nitrogens with one attached hydrogen (secondary N) is 1. The summed E-state index contributed by atoms with van der Waals surface area (Å²) in [7, 11) is 0. The second kappa shape index (κ2) is 8.84. The lowest BCUT2D eigenvalue weighted by Gasteiger charge is -2.14. The van der Waals surface area contributed by atoms with E-state index in [4.69, 9.17) is 4.74 Å². The number of carbonyl (C=O) groups excluding carboxylic acids is 1. The highest BCUT2D eigenvalue weighted by Crippen LogP contribution is 2.44. The summed E-state index contributed by atoms with van der Waals surface area (Å²) in [5, 5.41) is 2.71. The number of benzene rings is 3. The average Bonchev–Trinajstić information content (AvgIpc) is 3.08. The maximum atomic E-state index is 13.7. The molecular formula is C26H22FNO2. The first kappa shape index (κ1) is 19.7. The van der Waals surface area contributed by atoms with Crippen molar-refractivity contribution in [3.8, 4) is 23.0 Å². The standard InChI is InChI=1S/C26H22FNO2/c1-18-13-14-25(27)19(16-18)8-6-7-15-28-26(29)30-17-24-22-11-4-2-9-20(22)21-10-3-5-12-23(21)24/h2-5,9-14,16,24H,7,15,17H2,1H3,(H,28,29). The highest BCUT2D eigenvalue weighted by molar-refractivity contribution is 5.79. The Balaban J connectivity index is 1.30. The van der Waals surface area contributed by atoms with Gasteiger partial charge in [-0.05, 0) is 46.9 Å². The zero-order valence-electron chi connectivity index (χ0n) is 16.7. The van der Waals surface area contributed by atoms with Crippen LogP contribution >= 0.6 is 0 Å². The van der Waals surface area contributed by atoms with E-state index < -0.39 is 6.09 Å². The molecule has 3 nitrogen and oxygen atoms in total. The van der Waals surface area contributed by atoms with Gasteiger partial charge in [0.25, 0.3) is 0 Å². The summed E-state index contributed by atoms with van der Waals surface area (Å²) in [6.07, 6.45) is -0.0576. The van der Waals surface area contributed by atoms with E-state index in [1.807, 2.05) is 31.2 Å². The SMILES string of the molecule is Cc1ccc(F)c(C#CCCNC(=O)OCC2c3ccccc3-c3ccccc32)c1. The molecule has 0 saturated carbocycles. The summed E-state index contributed by atoms with van der Waals surface area (Å²) in [6, 6.07) is 21.3. The number of carbonyl (C=O) groups is 1. The van der Waals surface area contributed by atoms with E-state index in [1.165, 1.54) is 28.3 Å². The van der Waals surface area contributed by atoms with Crippen molar-refractivity contribution >= 4 is 6.09 Å². The van der Waals surface area contributed by atoms with Gasteiger partial charge in [-0.1, -0.05) is 66.4 Å². The quantitative estimate of drug-likeness (QED) is 0.470. The van der Waals surface area contributed by atoms with Crippen molar-refractivity contribution in [2.75, 3.05) is 13.2 Å². The number of halogens is 1. The molecule has 0 saturated heterocycles. The molecule has 150 valence electrons. The highest BCUT2D eigenvalue weighted by Gasteiger charge is 2.28. The Labute approximate surface area is 175 Å². The molecular weight excluding hydrogens is 377 g/mol. The maximum absolute atomic E-state index is 13.7. The lowest BCUT2D eigenvalue weighted by molar-refractivity contribution is 0.143. The van der Waals surface area contributed by atoms with Crippen molar-refractivity contribution in [3.05, 3.63) is 94.8 Å². The maximum Gasteiger partial charge on any atom is 0.407 e. The van der Waals surface area contributed by atoms with Crippen LogP contribution in [0.2, 0.25) is 0 Å². The van der Waals surface area contributed by atoms with Gasteiger partial charge in [-0.3, -0.25) is 0 Å². The van der Waals surface area contributed by atoms with E-state index in [0.29, 0.717) is 18.5 Å². The van der Waals surface area contributed by atoms with Gasteiger partial charge >= 0.3 is 6.09 Å². The van der Waals surface area contributed by atoms with Crippen molar-refractivity contribution in [2.45, 2.75) is 19.3 Å². The normalized spacial score (nSPS) is 11.8. The molecule has 0 unspecified atom stereocenters. The molecule has 3 aromatic rings. The van der Waals surface area contributed by atoms with Crippen LogP contribution in [0.3, 0.4) is 0 Å². The van der Waals surface area contributed by atoms with Crippen LogP contribution in [0.25, 0.3) is 11.1 Å². The van der Waals surface area contributed by atoms with Crippen molar-refractivity contribution < 1.29 is 13.9 Å². The molecule has 1 N–H and O–H groups in total. The smallest absolute Gasteiger partial charge is 0.407 e. The predicted octanol–water partition coefficient (Wildman–Crippen LogP) is 5.41. The lowest BCUT2D eigenvalue weighted by atomic mass is 9.98. The molecule has 0 fully saturated rings. The molecule has 0 spiro atoms. The molecule has 0 radical (unpaired) electrons. The summed E-state index contributed by atoms with van der Waals surface area (Å²) < 4.78 is 19.2. The highest BCUT2D eigenvalue weighted by atomic mass is 19.1. The zero-order chi connectivity index (χ0) is 20.9. The van der Waals surface area contributed by atoms with Crippen LogP contribution in [0.1, 0.15) is 34.6 Å². The van der Waals surface area contributed by atoms with Crippen LogP contribution in [-0.4, -0.2) is 19.2 Å². The molecule has 0 aromatic heterocycles. The predicted molar refractivity (Wildman–Crippen MR) is 116 cm³/mol. The topological polar surface area (TPSA) is 38.3 Å². The fraction of sp³-hybridized carbons (Fsp3) is 0.192. The first-order valence-electron chi connectivity index (χ1n) is 9.97. The van der Waals surface area contributed by atoms with E-state index in [-0.39, 0.29) is 18.3 Å². The van der Waals surface area contributed by atoms with Crippen molar-refractivity contribution in [3.63, 3.8) is 0 Å². The van der Waals surface area contributed by atoms with Crippen LogP contribution in [0.5, 0.6) is 0 Å². The molecule has 4 heteroatoms. The number of rotatable bonds is 4. The Hall–Kier alpha value is -3.58. The molecule has 1 aliphatic rings. The number of ether oxygens (including phenoxy) is 1. The second-order valence-corrected chi connectivity index (χ2v) is 7.29. The monoisotopic (exact) mass is 399 g/mol. The Morgan fingerprint density at radius 3 is 2.40 bits per heavy atom. The minimum atomic E-state index is -0.472. The number of hydrogen-bond donors (Lipinski definition) is 1. The number of amides is 1. The van der Waals surface area contributed by atoms with E-state index in [2.05, 4.69) is 41.4 Å². The third kappa shape index (κ3) is 4.21. The summed E-state index contributed by atoms with van der Waals surface area (Å²) >= 11 is 0. The van der Waals surface area contributed by atoms with Crippen LogP contribution < -0.4 is 5.32 Å². The fourth-order valence-electron chi connectivity index (χ4n) is 3.77. The molecule has 1 amide bonds. The molecule has 0 bridgehead atoms. The number of hydrogen-bond acceptors (Lipinski definition) is 2. The largest absolute Gasteiger partial charge is 0.449 e. The zero-order valence-corrected chi connectivity index (χ0v) is 16.7. The van der Waals surface area contributed by atoms with E-state index >= 15 is 0 Å². The van der Waals surface area contributed by atoms with E-state index in [1.54, 1.807) is 12.1 Å². The van der Waals surface area contributed by atoms with Gasteiger partial charge in [0.1, 0.15) is 12.4 Å². The van der Waals surface area contributed by atoms with Crippen molar-refractivity contribution in [2.24, 2.45) is 0 Å². The van der Waals surface area contributed by atoms with Crippen molar-refractivity contribution in [1.29, 1.82) is 0 Å². The van der Waals surface area contributed by atoms with Crippen LogP contribution in [-0.2, 0) is 4.74 Å². The van der Waals surface area contributed by atoms with Gasteiger partial charge in [0.2, 0.25) is 0 Å². The van der Waals surface area contributed by atoms with Crippen LogP contribution in [0.4, 0.5) is 9.18 Å². The molecule has 4 rings (SSSR count). The second-order valence-electron chi connectivity index (χ2n) is 7.29. The molecule has 0 heterocycles. The van der Waals surface area contributed by atoms with Gasteiger partial charge in [0, 0.05) is 18.9 Å². The van der Waals surface area contributed by atoms with Gasteiger partial charge in [0.15, 0.2) is 0 Å². The minimum absolute atomic E-state index is 0.0345. The first-order valence-corrected chi connectivity index (χ1v) is 9.97. The third-order valence-corrected chi connectivity index (χ3v) is 5.21. The van der Waals surface area contributed by atoms with E-state index in [9.17, 15) is 9.18 Å². The van der Waals surface area contributed by atoms with Crippen LogP contribution in [0.15, 0.2) is 66.7 Å². The van der Waals surface area contributed by atoms with Crippen LogP contribution in [0, 0.1) is 24.6 Å². The Morgan fingerprint density at radius 1 is 1.03 bits per heavy atom. The number of fused-ring (bicyclic) bond motifs is 3. The van der Waals surface area contributed by atoms with E-state index in [0.717, 1.165) is 5.56 Å². The summed E-state index contributed by atoms with van der Waals surface area (Å²) in [6.45, 7) is 2.51. The molecule has 0 aliphatic heterocycles. The molecule has 0 atom stereocenters. The lowest BCUT2D eigenvalue weighted by Crippen LogP contribution is -2.26. The summed E-state index contributed by atoms with van der Waals surface area (Å²) in [5.74, 6) is 5.40. The molecule has 30 heavy (non-hydrogen) atoms. The molecule has 3 aromatic carbocycles. The Kier molecular flexibility index (Phi) is 5.81. The first-order chi connectivity index (χ1) is 14.6. The van der Waals surface area contributed by atoms with Gasteiger partial charge in [-0.2, -0.15) is 0 Å². The average molecular weight is 399 g/mol. The van der Waals surface area contributed by atoms with Gasteiger partial charge in [-0.25, -0.2) is 9.18 Å². The fourth-order valence-corrected chi connectivity index (χ4v) is 3.77. The summed E-state index contributed by atoms with van der Waals surface area (Å²) in [5.41, 5.74) is 6.07. The van der Waals surface area contributed by atoms with Gasteiger partial charge in [-0.15, -0.1) is 0 Å².